The zero-order valence-electron chi connectivity index (χ0n) is 11.8. The van der Waals surface area contributed by atoms with Gasteiger partial charge in [0.25, 0.3) is 0 Å². The number of furan rings is 1. The Morgan fingerprint density at radius 1 is 1.35 bits per heavy atom. The first-order valence-corrected chi connectivity index (χ1v) is 9.02. The lowest BCUT2D eigenvalue weighted by Gasteiger charge is -2.38. The van der Waals surface area contributed by atoms with Crippen LogP contribution in [0.15, 0.2) is 16.5 Å². The van der Waals surface area contributed by atoms with E-state index in [-0.39, 0.29) is 11.1 Å². The first-order chi connectivity index (χ1) is 7.67. The van der Waals surface area contributed by atoms with E-state index in [1.165, 1.54) is 0 Å². The van der Waals surface area contributed by atoms with Gasteiger partial charge < -0.3 is 14.6 Å². The van der Waals surface area contributed by atoms with Gasteiger partial charge in [-0.05, 0) is 37.2 Å². The lowest BCUT2D eigenvalue weighted by atomic mass is 10.2. The van der Waals surface area contributed by atoms with Crippen LogP contribution in [0, 0.1) is 6.92 Å². The van der Waals surface area contributed by atoms with Gasteiger partial charge in [-0.1, -0.05) is 20.8 Å². The minimum atomic E-state index is -1.80. The van der Waals surface area contributed by atoms with Crippen LogP contribution in [0.5, 0.6) is 0 Å². The molecule has 0 saturated heterocycles. The van der Waals surface area contributed by atoms with Crippen molar-refractivity contribution in [2.45, 2.75) is 51.9 Å². The second kappa shape index (κ2) is 4.96. The molecule has 1 aromatic rings. The van der Waals surface area contributed by atoms with E-state index in [4.69, 9.17) is 14.6 Å². The van der Waals surface area contributed by atoms with E-state index in [1.807, 2.05) is 19.1 Å². The smallest absolute Gasteiger partial charge is 0.193 e. The molecule has 0 unspecified atom stereocenters. The molecule has 0 spiro atoms. The van der Waals surface area contributed by atoms with Gasteiger partial charge in [0.2, 0.25) is 0 Å². The van der Waals surface area contributed by atoms with Gasteiger partial charge in [-0.3, -0.25) is 0 Å². The third kappa shape index (κ3) is 3.44. The average Bonchev–Trinajstić information content (AvgIpc) is 2.59. The Morgan fingerprint density at radius 2 is 1.94 bits per heavy atom. The minimum absolute atomic E-state index is 0.121. The predicted molar refractivity (Wildman–Crippen MR) is 73.5 cm³/mol. The fourth-order valence-electron chi connectivity index (χ4n) is 1.38. The summed E-state index contributed by atoms with van der Waals surface area (Å²) in [5, 5.41) is 0.183. The monoisotopic (exact) mass is 255 g/mol. The van der Waals surface area contributed by atoms with Crippen LogP contribution >= 0.6 is 0 Å². The maximum absolute atomic E-state index is 6.27. The molecule has 0 fully saturated rings. The Hall–Kier alpha value is -0.583. The molecule has 4 heteroatoms. The first kappa shape index (κ1) is 14.5. The third-order valence-electron chi connectivity index (χ3n) is 3.54. The Labute approximate surface area is 105 Å². The first-order valence-electron chi connectivity index (χ1n) is 6.11. The molecule has 1 atom stereocenters. The van der Waals surface area contributed by atoms with Crippen LogP contribution in [-0.2, 0) is 4.43 Å². The summed E-state index contributed by atoms with van der Waals surface area (Å²) in [5.41, 5.74) is 5.80. The van der Waals surface area contributed by atoms with Crippen molar-refractivity contribution in [2.75, 3.05) is 6.54 Å². The highest BCUT2D eigenvalue weighted by molar-refractivity contribution is 6.74. The van der Waals surface area contributed by atoms with E-state index < -0.39 is 8.32 Å². The number of aryl methyl sites for hydroxylation is 1. The normalized spacial score (nSPS) is 15.0. The SMILES string of the molecule is Cc1ccc([C@H](CN)O[Si](C)(C)C(C)(C)C)o1. The fraction of sp³-hybridized carbons (Fsp3) is 0.692. The maximum Gasteiger partial charge on any atom is 0.193 e. The molecule has 17 heavy (non-hydrogen) atoms. The van der Waals surface area contributed by atoms with Crippen molar-refractivity contribution in [3.8, 4) is 0 Å². The number of hydrogen-bond acceptors (Lipinski definition) is 3. The van der Waals surface area contributed by atoms with Crippen molar-refractivity contribution >= 4 is 8.32 Å². The topological polar surface area (TPSA) is 48.4 Å². The lowest BCUT2D eigenvalue weighted by molar-refractivity contribution is 0.163. The van der Waals surface area contributed by atoms with E-state index in [9.17, 15) is 0 Å². The van der Waals surface area contributed by atoms with E-state index in [1.54, 1.807) is 0 Å². The third-order valence-corrected chi connectivity index (χ3v) is 8.02. The number of rotatable bonds is 4. The molecular formula is C13H25NO2Si. The van der Waals surface area contributed by atoms with E-state index in [0.29, 0.717) is 6.54 Å². The molecule has 98 valence electrons. The van der Waals surface area contributed by atoms with E-state index in [2.05, 4.69) is 33.9 Å². The highest BCUT2D eigenvalue weighted by atomic mass is 28.4. The van der Waals surface area contributed by atoms with Crippen LogP contribution in [0.1, 0.15) is 38.4 Å². The molecule has 0 aliphatic heterocycles. The fourth-order valence-corrected chi connectivity index (χ4v) is 2.66. The van der Waals surface area contributed by atoms with Crippen molar-refractivity contribution < 1.29 is 8.84 Å². The van der Waals surface area contributed by atoms with Gasteiger partial charge in [-0.2, -0.15) is 0 Å². The van der Waals surface area contributed by atoms with Crippen LogP contribution in [-0.4, -0.2) is 14.9 Å². The van der Waals surface area contributed by atoms with Crippen LogP contribution in [0.3, 0.4) is 0 Å². The highest BCUT2D eigenvalue weighted by Crippen LogP contribution is 2.39. The van der Waals surface area contributed by atoms with Crippen LogP contribution in [0.25, 0.3) is 0 Å². The van der Waals surface area contributed by atoms with Crippen LogP contribution in [0.2, 0.25) is 18.1 Å². The minimum Gasteiger partial charge on any atom is -0.464 e. The van der Waals surface area contributed by atoms with Crippen molar-refractivity contribution in [1.29, 1.82) is 0 Å². The average molecular weight is 255 g/mol. The van der Waals surface area contributed by atoms with Crippen molar-refractivity contribution in [2.24, 2.45) is 5.73 Å². The summed E-state index contributed by atoms with van der Waals surface area (Å²) in [6.45, 7) is 13.5. The summed E-state index contributed by atoms with van der Waals surface area (Å²) >= 11 is 0. The molecule has 0 aromatic carbocycles. The molecule has 0 aliphatic rings. The molecule has 2 N–H and O–H groups in total. The zero-order chi connectivity index (χ0) is 13.3. The van der Waals surface area contributed by atoms with Gasteiger partial charge >= 0.3 is 0 Å². The van der Waals surface area contributed by atoms with Crippen molar-refractivity contribution in [3.63, 3.8) is 0 Å². The van der Waals surface area contributed by atoms with Crippen LogP contribution < -0.4 is 5.73 Å². The summed E-state index contributed by atoms with van der Waals surface area (Å²) in [7, 11) is -1.80. The molecule has 1 heterocycles. The lowest BCUT2D eigenvalue weighted by Crippen LogP contribution is -2.43. The number of nitrogens with two attached hydrogens (primary N) is 1. The molecule has 0 amide bonds. The van der Waals surface area contributed by atoms with Crippen LogP contribution in [0.4, 0.5) is 0 Å². The van der Waals surface area contributed by atoms with Crippen molar-refractivity contribution in [1.82, 2.24) is 0 Å². The molecule has 0 bridgehead atoms. The number of hydrogen-bond donors (Lipinski definition) is 1. The van der Waals surface area contributed by atoms with Gasteiger partial charge in [0.1, 0.15) is 17.6 Å². The second-order valence-corrected chi connectivity index (χ2v) is 10.8. The largest absolute Gasteiger partial charge is 0.464 e. The molecule has 0 saturated carbocycles. The molecule has 1 rings (SSSR count). The Bertz CT molecular complexity index is 366. The van der Waals surface area contributed by atoms with Gasteiger partial charge in [0.15, 0.2) is 8.32 Å². The van der Waals surface area contributed by atoms with E-state index in [0.717, 1.165) is 11.5 Å². The summed E-state index contributed by atoms with van der Waals surface area (Å²) in [6.07, 6.45) is -0.121. The summed E-state index contributed by atoms with van der Waals surface area (Å²) in [6, 6.07) is 3.91. The molecule has 0 radical (unpaired) electrons. The second-order valence-electron chi connectivity index (χ2n) is 6.05. The van der Waals surface area contributed by atoms with Gasteiger partial charge in [0, 0.05) is 6.54 Å². The standard InChI is InChI=1S/C13H25NO2Si/c1-10-7-8-11(15-10)12(9-14)16-17(5,6)13(2,3)4/h7-8,12H,9,14H2,1-6H3/t12-/m0/s1. The Kier molecular flexibility index (Phi) is 4.22. The summed E-state index contributed by atoms with van der Waals surface area (Å²) in [4.78, 5) is 0. The maximum atomic E-state index is 6.27. The Morgan fingerprint density at radius 3 is 2.29 bits per heavy atom. The van der Waals surface area contributed by atoms with Gasteiger partial charge in [-0.25, -0.2) is 0 Å². The summed E-state index contributed by atoms with van der Waals surface area (Å²) in [5.74, 6) is 1.74. The molecular weight excluding hydrogens is 230 g/mol. The zero-order valence-corrected chi connectivity index (χ0v) is 12.8. The quantitative estimate of drug-likeness (QED) is 0.836. The molecule has 3 nitrogen and oxygen atoms in total. The van der Waals surface area contributed by atoms with Gasteiger partial charge in [0.05, 0.1) is 0 Å². The van der Waals surface area contributed by atoms with Crippen molar-refractivity contribution in [3.05, 3.63) is 23.7 Å². The molecule has 0 aliphatic carbocycles. The predicted octanol–water partition coefficient (Wildman–Crippen LogP) is 3.61. The Balaban J connectivity index is 2.84. The van der Waals surface area contributed by atoms with Gasteiger partial charge in [-0.15, -0.1) is 0 Å². The molecule has 1 aromatic heterocycles. The highest BCUT2D eigenvalue weighted by Gasteiger charge is 2.39. The van der Waals surface area contributed by atoms with E-state index >= 15 is 0 Å². The summed E-state index contributed by atoms with van der Waals surface area (Å²) < 4.78 is 11.9.